The molecule has 1 aromatic heterocycles. The second-order valence-electron chi connectivity index (χ2n) is 4.00. The summed E-state index contributed by atoms with van der Waals surface area (Å²) < 4.78 is 0. The third kappa shape index (κ3) is 2.31. The highest BCUT2D eigenvalue weighted by Crippen LogP contribution is 2.26. The Labute approximate surface area is 109 Å². The molecule has 0 fully saturated rings. The van der Waals surface area contributed by atoms with Crippen LogP contribution in [0.1, 0.15) is 14.5 Å². The predicted molar refractivity (Wildman–Crippen MR) is 74.3 cm³/mol. The van der Waals surface area contributed by atoms with E-state index in [9.17, 15) is 9.90 Å². The second-order valence-corrected chi connectivity index (χ2v) is 5.26. The smallest absolute Gasteiger partial charge is 0.268 e. The zero-order valence-corrected chi connectivity index (χ0v) is 11.0. The van der Waals surface area contributed by atoms with Crippen LogP contribution < -0.4 is 10.6 Å². The number of phenolic OH excluding ortho intramolecular Hbond substituents is 1. The number of carbonyl (C=O) groups excluding carboxylic acids is 1. The minimum absolute atomic E-state index is 0.106. The van der Waals surface area contributed by atoms with E-state index >= 15 is 0 Å². The first-order valence-corrected chi connectivity index (χ1v) is 6.23. The van der Waals surface area contributed by atoms with E-state index in [2.05, 4.69) is 0 Å². The Balaban J connectivity index is 2.26. The molecule has 94 valence electrons. The molecular formula is C13H14N2O2S. The molecule has 0 aliphatic carbocycles. The van der Waals surface area contributed by atoms with E-state index in [1.807, 2.05) is 6.92 Å². The third-order valence-electron chi connectivity index (χ3n) is 2.71. The molecule has 0 radical (unpaired) electrons. The van der Waals surface area contributed by atoms with E-state index in [0.29, 0.717) is 10.6 Å². The summed E-state index contributed by atoms with van der Waals surface area (Å²) in [6, 6.07) is 8.17. The number of aryl methyl sites for hydroxylation is 1. The van der Waals surface area contributed by atoms with Crippen LogP contribution in [0, 0.1) is 6.92 Å². The van der Waals surface area contributed by atoms with Crippen molar-refractivity contribution < 1.29 is 9.90 Å². The number of benzene rings is 1. The summed E-state index contributed by atoms with van der Waals surface area (Å²) in [5.74, 6) is 0.0706. The maximum Gasteiger partial charge on any atom is 0.268 e. The standard InChI is InChI=1S/C13H14N2O2S/c1-8-11(14)7-12(18-8)13(17)15(2)9-3-5-10(16)6-4-9/h3-7,16H,14H2,1-2H3. The molecule has 1 heterocycles. The van der Waals surface area contributed by atoms with Gasteiger partial charge in [0, 0.05) is 23.3 Å². The molecule has 0 unspecified atom stereocenters. The highest BCUT2D eigenvalue weighted by Gasteiger charge is 2.16. The summed E-state index contributed by atoms with van der Waals surface area (Å²) in [6.45, 7) is 1.89. The van der Waals surface area contributed by atoms with Gasteiger partial charge in [-0.1, -0.05) is 0 Å². The van der Waals surface area contributed by atoms with Crippen molar-refractivity contribution in [2.75, 3.05) is 17.7 Å². The van der Waals surface area contributed by atoms with E-state index in [4.69, 9.17) is 5.73 Å². The van der Waals surface area contributed by atoms with Crippen molar-refractivity contribution in [1.29, 1.82) is 0 Å². The van der Waals surface area contributed by atoms with Crippen molar-refractivity contribution >= 4 is 28.6 Å². The molecule has 1 aromatic carbocycles. The fourth-order valence-electron chi connectivity index (χ4n) is 1.56. The number of nitrogen functional groups attached to an aromatic ring is 1. The Bertz CT molecular complexity index is 556. The van der Waals surface area contributed by atoms with E-state index in [1.54, 1.807) is 37.4 Å². The van der Waals surface area contributed by atoms with Gasteiger partial charge in [0.15, 0.2) is 0 Å². The van der Waals surface area contributed by atoms with Gasteiger partial charge in [-0.15, -0.1) is 11.3 Å². The van der Waals surface area contributed by atoms with Crippen molar-refractivity contribution in [2.45, 2.75) is 6.92 Å². The molecule has 2 aromatic rings. The fraction of sp³-hybridized carbons (Fsp3) is 0.154. The van der Waals surface area contributed by atoms with Crippen LogP contribution >= 0.6 is 11.3 Å². The maximum absolute atomic E-state index is 12.2. The van der Waals surface area contributed by atoms with Crippen LogP contribution in [0.3, 0.4) is 0 Å². The van der Waals surface area contributed by atoms with Crippen LogP contribution in [0.5, 0.6) is 5.75 Å². The summed E-state index contributed by atoms with van der Waals surface area (Å²) >= 11 is 1.38. The van der Waals surface area contributed by atoms with Gasteiger partial charge in [-0.05, 0) is 37.3 Å². The van der Waals surface area contributed by atoms with Gasteiger partial charge in [-0.3, -0.25) is 4.79 Å². The van der Waals surface area contributed by atoms with Crippen molar-refractivity contribution in [3.05, 3.63) is 40.1 Å². The van der Waals surface area contributed by atoms with Gasteiger partial charge in [-0.25, -0.2) is 0 Å². The number of nitrogens with two attached hydrogens (primary N) is 1. The topological polar surface area (TPSA) is 66.6 Å². The molecule has 0 saturated carbocycles. The van der Waals surface area contributed by atoms with Crippen LogP contribution in [-0.2, 0) is 0 Å². The molecular weight excluding hydrogens is 248 g/mol. The number of amides is 1. The highest BCUT2D eigenvalue weighted by atomic mass is 32.1. The lowest BCUT2D eigenvalue weighted by molar-refractivity contribution is 0.0997. The van der Waals surface area contributed by atoms with Crippen molar-refractivity contribution in [1.82, 2.24) is 0 Å². The number of hydrogen-bond acceptors (Lipinski definition) is 4. The molecule has 0 saturated heterocycles. The number of hydrogen-bond donors (Lipinski definition) is 2. The molecule has 18 heavy (non-hydrogen) atoms. The van der Waals surface area contributed by atoms with Crippen molar-refractivity contribution in [3.8, 4) is 5.75 Å². The van der Waals surface area contributed by atoms with Crippen molar-refractivity contribution in [3.63, 3.8) is 0 Å². The number of rotatable bonds is 2. The van der Waals surface area contributed by atoms with Gasteiger partial charge in [-0.2, -0.15) is 0 Å². The maximum atomic E-state index is 12.2. The average molecular weight is 262 g/mol. The first-order chi connectivity index (χ1) is 8.49. The average Bonchev–Trinajstić information content (AvgIpc) is 2.69. The van der Waals surface area contributed by atoms with Crippen LogP contribution in [0.2, 0.25) is 0 Å². The first kappa shape index (κ1) is 12.4. The lowest BCUT2D eigenvalue weighted by Gasteiger charge is -2.16. The van der Waals surface area contributed by atoms with Crippen LogP contribution in [0.25, 0.3) is 0 Å². The SMILES string of the molecule is Cc1sc(C(=O)N(C)c2ccc(O)cc2)cc1N. The molecule has 2 rings (SSSR count). The zero-order chi connectivity index (χ0) is 13.3. The summed E-state index contributed by atoms with van der Waals surface area (Å²) in [7, 11) is 1.69. The largest absolute Gasteiger partial charge is 0.508 e. The zero-order valence-electron chi connectivity index (χ0n) is 10.2. The molecule has 0 aliphatic rings. The van der Waals surface area contributed by atoms with Crippen LogP contribution in [0.4, 0.5) is 11.4 Å². The number of carbonyl (C=O) groups is 1. The lowest BCUT2D eigenvalue weighted by Crippen LogP contribution is -2.25. The summed E-state index contributed by atoms with van der Waals surface area (Å²) in [5.41, 5.74) is 7.11. The molecule has 4 nitrogen and oxygen atoms in total. The van der Waals surface area contributed by atoms with Gasteiger partial charge in [0.2, 0.25) is 0 Å². The molecule has 3 N–H and O–H groups in total. The molecule has 1 amide bonds. The van der Waals surface area contributed by atoms with E-state index < -0.39 is 0 Å². The Morgan fingerprint density at radius 2 is 1.94 bits per heavy atom. The minimum Gasteiger partial charge on any atom is -0.508 e. The van der Waals surface area contributed by atoms with Crippen molar-refractivity contribution in [2.24, 2.45) is 0 Å². The molecule has 5 heteroatoms. The molecule has 0 spiro atoms. The molecule has 0 atom stereocenters. The van der Waals surface area contributed by atoms with Gasteiger partial charge in [0.1, 0.15) is 5.75 Å². The Kier molecular flexibility index (Phi) is 3.25. The predicted octanol–water partition coefficient (Wildman–Crippen LogP) is 2.62. The summed E-state index contributed by atoms with van der Waals surface area (Å²) in [6.07, 6.45) is 0. The Morgan fingerprint density at radius 3 is 2.44 bits per heavy atom. The fourth-order valence-corrected chi connectivity index (χ4v) is 2.48. The summed E-state index contributed by atoms with van der Waals surface area (Å²) in [5, 5.41) is 9.22. The monoisotopic (exact) mass is 262 g/mol. The van der Waals surface area contributed by atoms with Gasteiger partial charge in [0.25, 0.3) is 5.91 Å². The molecule has 0 bridgehead atoms. The third-order valence-corrected chi connectivity index (χ3v) is 3.76. The van der Waals surface area contributed by atoms with Gasteiger partial charge in [0.05, 0.1) is 4.88 Å². The highest BCUT2D eigenvalue weighted by molar-refractivity contribution is 7.14. The summed E-state index contributed by atoms with van der Waals surface area (Å²) in [4.78, 5) is 15.3. The normalized spacial score (nSPS) is 10.3. The first-order valence-electron chi connectivity index (χ1n) is 5.42. The van der Waals surface area contributed by atoms with Gasteiger partial charge >= 0.3 is 0 Å². The quantitative estimate of drug-likeness (QED) is 0.874. The van der Waals surface area contributed by atoms with Gasteiger partial charge < -0.3 is 15.7 Å². The van der Waals surface area contributed by atoms with E-state index in [1.165, 1.54) is 16.2 Å². The number of thiophene rings is 1. The van der Waals surface area contributed by atoms with E-state index in [-0.39, 0.29) is 11.7 Å². The lowest BCUT2D eigenvalue weighted by atomic mass is 10.2. The number of aromatic hydroxyl groups is 1. The Morgan fingerprint density at radius 1 is 1.33 bits per heavy atom. The number of phenols is 1. The second kappa shape index (κ2) is 4.70. The van der Waals surface area contributed by atoms with Crippen LogP contribution in [0.15, 0.2) is 30.3 Å². The van der Waals surface area contributed by atoms with Crippen LogP contribution in [-0.4, -0.2) is 18.1 Å². The minimum atomic E-state index is -0.106. The Hall–Kier alpha value is -2.01. The molecule has 0 aliphatic heterocycles. The van der Waals surface area contributed by atoms with E-state index in [0.717, 1.165) is 10.6 Å². The number of anilines is 2. The number of nitrogens with zero attached hydrogens (tertiary/aromatic N) is 1.